The smallest absolute Gasteiger partial charge is 0.253 e. The Hall–Kier alpha value is -2.55. The maximum Gasteiger partial charge on any atom is 0.253 e. The van der Waals surface area contributed by atoms with E-state index in [-0.39, 0.29) is 11.4 Å². The van der Waals surface area contributed by atoms with Gasteiger partial charge in [0.05, 0.1) is 5.54 Å². The summed E-state index contributed by atoms with van der Waals surface area (Å²) in [6.07, 6.45) is 2.71. The van der Waals surface area contributed by atoms with Crippen molar-refractivity contribution >= 4 is 17.6 Å². The van der Waals surface area contributed by atoms with E-state index in [9.17, 15) is 4.79 Å². The summed E-state index contributed by atoms with van der Waals surface area (Å²) in [4.78, 5) is 18.2. The topological polar surface area (TPSA) is 80.5 Å². The largest absolute Gasteiger partial charge is 0.341 e. The van der Waals surface area contributed by atoms with Crippen molar-refractivity contribution in [2.45, 2.75) is 32.7 Å². The number of anilines is 1. The van der Waals surface area contributed by atoms with E-state index < -0.39 is 0 Å². The zero-order chi connectivity index (χ0) is 16.3. The number of benzene rings is 1. The Labute approximate surface area is 130 Å². The van der Waals surface area contributed by atoms with Crippen LogP contribution in [0.1, 0.15) is 36.7 Å². The molecule has 0 unspecified atom stereocenters. The number of aliphatic imine (C=N–C) groups is 1. The molecule has 1 amide bonds. The van der Waals surface area contributed by atoms with Crippen LogP contribution in [0.4, 0.5) is 5.69 Å². The lowest BCUT2D eigenvalue weighted by Crippen LogP contribution is -2.34. The van der Waals surface area contributed by atoms with E-state index in [1.54, 1.807) is 4.90 Å². The van der Waals surface area contributed by atoms with Gasteiger partial charge in [0, 0.05) is 24.8 Å². The lowest BCUT2D eigenvalue weighted by Gasteiger charge is -2.25. The maximum atomic E-state index is 12.1. The first-order valence-electron chi connectivity index (χ1n) is 7.20. The second kappa shape index (κ2) is 6.06. The molecule has 0 radical (unpaired) electrons. The molecule has 1 aromatic carbocycles. The number of rotatable bonds is 1. The summed E-state index contributed by atoms with van der Waals surface area (Å²) in [5.41, 5.74) is 2.25. The molecule has 0 saturated heterocycles. The van der Waals surface area contributed by atoms with Crippen LogP contribution in [0.5, 0.6) is 0 Å². The molecule has 1 aromatic rings. The fourth-order valence-electron chi connectivity index (χ4n) is 2.29. The minimum Gasteiger partial charge on any atom is -0.341 e. The fourth-order valence-corrected chi connectivity index (χ4v) is 2.29. The lowest BCUT2D eigenvalue weighted by molar-refractivity contribution is 0.0781. The van der Waals surface area contributed by atoms with E-state index in [0.29, 0.717) is 12.5 Å². The van der Waals surface area contributed by atoms with E-state index in [1.807, 2.05) is 52.2 Å². The number of carbonyl (C=O) groups is 1. The summed E-state index contributed by atoms with van der Waals surface area (Å²) in [6, 6.07) is 5.58. The molecule has 0 fully saturated rings. The van der Waals surface area contributed by atoms with Crippen molar-refractivity contribution in [1.29, 1.82) is 5.26 Å². The first kappa shape index (κ1) is 15.8. The molecule has 1 heterocycles. The third-order valence-corrected chi connectivity index (χ3v) is 3.28. The maximum absolute atomic E-state index is 12.1. The summed E-state index contributed by atoms with van der Waals surface area (Å²) in [5, 5.41) is 14.5. The number of nitrogens with zero attached hydrogens (tertiary/aromatic N) is 3. The number of amides is 1. The van der Waals surface area contributed by atoms with Crippen LogP contribution in [0.3, 0.4) is 0 Å². The van der Waals surface area contributed by atoms with Crippen LogP contribution in [-0.2, 0) is 6.42 Å². The van der Waals surface area contributed by atoms with Gasteiger partial charge in [0.2, 0.25) is 5.96 Å². The van der Waals surface area contributed by atoms with Crippen LogP contribution < -0.4 is 10.6 Å². The average Bonchev–Trinajstić information content (AvgIpc) is 2.41. The summed E-state index contributed by atoms with van der Waals surface area (Å²) in [5.74, 6) is 0.445. The molecule has 0 spiro atoms. The predicted octanol–water partition coefficient (Wildman–Crippen LogP) is 1.95. The molecule has 2 N–H and O–H groups in total. The first-order chi connectivity index (χ1) is 10.3. The zero-order valence-electron chi connectivity index (χ0n) is 13.4. The highest BCUT2D eigenvalue weighted by Gasteiger charge is 2.21. The molecule has 1 aliphatic rings. The standard InChI is InChI=1S/C16H21N5O/c1-16(2,3)20-15(18-10-17)19-12-5-6-13-11(9-12)7-8-21(4)14(13)22/h5-6,9H,7-8H2,1-4H3,(H2,18,19,20). The Bertz CT molecular complexity index is 651. The fraction of sp³-hybridized carbons (Fsp3) is 0.438. The van der Waals surface area contributed by atoms with Crippen LogP contribution >= 0.6 is 0 Å². The zero-order valence-corrected chi connectivity index (χ0v) is 13.4. The number of guanidine groups is 1. The third-order valence-electron chi connectivity index (χ3n) is 3.28. The van der Waals surface area contributed by atoms with Gasteiger partial charge in [-0.2, -0.15) is 5.26 Å². The van der Waals surface area contributed by atoms with Crippen molar-refractivity contribution in [3.8, 4) is 6.19 Å². The molecule has 6 heteroatoms. The second-order valence-electron chi connectivity index (χ2n) is 6.34. The van der Waals surface area contributed by atoms with Crippen LogP contribution in [0, 0.1) is 11.5 Å². The number of likely N-dealkylation sites (N-methyl/N-ethyl adjacent to an activating group) is 1. The lowest BCUT2D eigenvalue weighted by atomic mass is 9.99. The minimum atomic E-state index is -0.306. The summed E-state index contributed by atoms with van der Waals surface area (Å²) < 4.78 is 0. The quantitative estimate of drug-likeness (QED) is 0.359. The summed E-state index contributed by atoms with van der Waals surface area (Å²) in [6.45, 7) is 6.58. The molecule has 0 bridgehead atoms. The molecule has 0 aromatic heterocycles. The van der Waals surface area contributed by atoms with E-state index in [2.05, 4.69) is 15.6 Å². The highest BCUT2D eigenvalue weighted by Crippen LogP contribution is 2.22. The summed E-state index contributed by atoms with van der Waals surface area (Å²) in [7, 11) is 1.81. The van der Waals surface area contributed by atoms with Crippen LogP contribution in [0.25, 0.3) is 0 Å². The molecular weight excluding hydrogens is 278 g/mol. The van der Waals surface area contributed by atoms with Crippen molar-refractivity contribution in [3.05, 3.63) is 29.3 Å². The van der Waals surface area contributed by atoms with Gasteiger partial charge in [-0.05, 0) is 51.0 Å². The van der Waals surface area contributed by atoms with Crippen molar-refractivity contribution in [3.63, 3.8) is 0 Å². The van der Waals surface area contributed by atoms with Gasteiger partial charge >= 0.3 is 0 Å². The molecule has 0 aliphatic carbocycles. The molecule has 2 rings (SSSR count). The molecule has 1 aliphatic heterocycles. The monoisotopic (exact) mass is 299 g/mol. The van der Waals surface area contributed by atoms with Crippen LogP contribution in [0.15, 0.2) is 23.2 Å². The van der Waals surface area contributed by atoms with Crippen LogP contribution in [-0.4, -0.2) is 35.9 Å². The van der Waals surface area contributed by atoms with E-state index in [0.717, 1.165) is 23.2 Å². The summed E-state index contributed by atoms with van der Waals surface area (Å²) >= 11 is 0. The van der Waals surface area contributed by atoms with Gasteiger partial charge < -0.3 is 10.2 Å². The Morgan fingerprint density at radius 2 is 2.14 bits per heavy atom. The Kier molecular flexibility index (Phi) is 4.36. The Morgan fingerprint density at radius 1 is 1.41 bits per heavy atom. The average molecular weight is 299 g/mol. The molecule has 22 heavy (non-hydrogen) atoms. The van der Waals surface area contributed by atoms with E-state index >= 15 is 0 Å². The van der Waals surface area contributed by atoms with Crippen LogP contribution in [0.2, 0.25) is 0 Å². The molecular formula is C16H21N5O. The number of carbonyl (C=O) groups excluding carboxylic acids is 1. The van der Waals surface area contributed by atoms with Crippen molar-refractivity contribution in [2.24, 2.45) is 4.99 Å². The second-order valence-corrected chi connectivity index (χ2v) is 6.34. The van der Waals surface area contributed by atoms with E-state index in [4.69, 9.17) is 5.26 Å². The number of hydrogen-bond donors (Lipinski definition) is 2. The van der Waals surface area contributed by atoms with Crippen molar-refractivity contribution < 1.29 is 4.79 Å². The highest BCUT2D eigenvalue weighted by atomic mass is 16.2. The van der Waals surface area contributed by atoms with Crippen molar-refractivity contribution in [2.75, 3.05) is 18.9 Å². The minimum absolute atomic E-state index is 0.0477. The molecule has 6 nitrogen and oxygen atoms in total. The van der Waals surface area contributed by atoms with Gasteiger partial charge in [0.1, 0.15) is 0 Å². The van der Waals surface area contributed by atoms with Gasteiger partial charge in [-0.1, -0.05) is 0 Å². The number of fused-ring (bicyclic) bond motifs is 1. The van der Waals surface area contributed by atoms with E-state index in [1.165, 1.54) is 0 Å². The van der Waals surface area contributed by atoms with Gasteiger partial charge in [-0.15, -0.1) is 0 Å². The number of nitrogens with one attached hydrogen (secondary N) is 2. The predicted molar refractivity (Wildman–Crippen MR) is 86.7 cm³/mol. The molecule has 0 saturated carbocycles. The SMILES string of the molecule is CN1CCc2cc(NC(=NC(C)(C)C)NC#N)ccc2C1=O. The van der Waals surface area contributed by atoms with Gasteiger partial charge in [-0.25, -0.2) is 4.99 Å². The van der Waals surface area contributed by atoms with Gasteiger partial charge in [0.15, 0.2) is 6.19 Å². The normalized spacial score (nSPS) is 15.1. The first-order valence-corrected chi connectivity index (χ1v) is 7.20. The molecule has 116 valence electrons. The third kappa shape index (κ3) is 3.76. The Balaban J connectivity index is 2.25. The van der Waals surface area contributed by atoms with Gasteiger partial charge in [0.25, 0.3) is 5.91 Å². The number of hydrogen-bond acceptors (Lipinski definition) is 3. The van der Waals surface area contributed by atoms with Crippen molar-refractivity contribution in [1.82, 2.24) is 10.2 Å². The highest BCUT2D eigenvalue weighted by molar-refractivity contribution is 5.99. The van der Waals surface area contributed by atoms with Gasteiger partial charge in [-0.3, -0.25) is 10.1 Å². The molecule has 0 atom stereocenters. The Morgan fingerprint density at radius 3 is 2.77 bits per heavy atom. The number of nitriles is 1.